The number of benzene rings is 3. The smallest absolute Gasteiger partial charge is 0.0622 e. The summed E-state index contributed by atoms with van der Waals surface area (Å²) in [4.78, 5) is 0. The molecule has 5 rings (SSSR count). The Balaban J connectivity index is 1.40. The maximum absolute atomic E-state index is 3.98. The minimum absolute atomic E-state index is 0.00691. The van der Waals surface area contributed by atoms with Crippen molar-refractivity contribution in [3.05, 3.63) is 109 Å². The first kappa shape index (κ1) is 19.9. The molecule has 1 N–H and O–H groups in total. The molecule has 0 radical (unpaired) electrons. The molecule has 1 unspecified atom stereocenters. The molecule has 0 amide bonds. The number of hydrogen-bond donors (Lipinski definition) is 1. The average molecular weight is 406 g/mol. The van der Waals surface area contributed by atoms with Crippen molar-refractivity contribution in [2.24, 2.45) is 5.92 Å². The van der Waals surface area contributed by atoms with Crippen molar-refractivity contribution in [1.29, 1.82) is 0 Å². The Bertz CT molecular complexity index is 1040. The van der Waals surface area contributed by atoms with E-state index >= 15 is 0 Å². The normalized spacial score (nSPS) is 21.5. The fourth-order valence-corrected chi connectivity index (χ4v) is 5.26. The number of rotatable bonds is 5. The standard InChI is InChI=1S/C30H31N/c1-4-10-24(11-5-1)26-16-18-29(19-17-26)31-30(28-14-8-3-9-15-28)22-20-27(21-23-30)25-12-6-2-7-13-25/h1-2,4-7,10-13,16-22,28,31H,3,8-9,14-15,23H2. The molecule has 1 fully saturated rings. The van der Waals surface area contributed by atoms with Crippen LogP contribution in [0, 0.1) is 5.92 Å². The molecule has 0 spiro atoms. The van der Waals surface area contributed by atoms with Gasteiger partial charge in [0.25, 0.3) is 0 Å². The van der Waals surface area contributed by atoms with Gasteiger partial charge in [0.05, 0.1) is 5.54 Å². The van der Waals surface area contributed by atoms with E-state index in [2.05, 4.69) is 108 Å². The molecule has 2 aliphatic carbocycles. The van der Waals surface area contributed by atoms with Crippen molar-refractivity contribution in [2.75, 3.05) is 5.32 Å². The van der Waals surface area contributed by atoms with Crippen molar-refractivity contribution in [3.63, 3.8) is 0 Å². The molecule has 3 aromatic carbocycles. The highest BCUT2D eigenvalue weighted by Gasteiger charge is 2.37. The predicted octanol–water partition coefficient (Wildman–Crippen LogP) is 8.13. The first-order valence-electron chi connectivity index (χ1n) is 11.7. The molecule has 3 aromatic rings. The summed E-state index contributed by atoms with van der Waals surface area (Å²) < 4.78 is 0. The summed E-state index contributed by atoms with van der Waals surface area (Å²) in [6.45, 7) is 0. The van der Waals surface area contributed by atoms with Crippen LogP contribution in [-0.4, -0.2) is 5.54 Å². The second kappa shape index (κ2) is 8.98. The van der Waals surface area contributed by atoms with E-state index in [4.69, 9.17) is 0 Å². The van der Waals surface area contributed by atoms with Crippen molar-refractivity contribution in [3.8, 4) is 11.1 Å². The Morgan fingerprint density at radius 1 is 0.645 bits per heavy atom. The molecule has 1 atom stereocenters. The fourth-order valence-electron chi connectivity index (χ4n) is 5.26. The lowest BCUT2D eigenvalue weighted by molar-refractivity contribution is 0.266. The average Bonchev–Trinajstić information content (AvgIpc) is 2.87. The second-order valence-corrected chi connectivity index (χ2v) is 9.01. The van der Waals surface area contributed by atoms with Crippen LogP contribution in [0.25, 0.3) is 16.7 Å². The van der Waals surface area contributed by atoms with Crippen LogP contribution in [0.4, 0.5) is 5.69 Å². The van der Waals surface area contributed by atoms with Gasteiger partial charge in [-0.05, 0) is 59.6 Å². The Labute approximate surface area is 186 Å². The molecule has 2 aliphatic rings. The number of allylic oxidation sites excluding steroid dienone is 2. The minimum atomic E-state index is 0.00691. The highest BCUT2D eigenvalue weighted by atomic mass is 15.0. The Morgan fingerprint density at radius 3 is 1.87 bits per heavy atom. The maximum atomic E-state index is 3.98. The molecule has 156 valence electrons. The summed E-state index contributed by atoms with van der Waals surface area (Å²) in [6.07, 6.45) is 15.0. The SMILES string of the molecule is C1=CC(Nc2ccc(-c3ccccc3)cc2)(C2CCCCC2)CC=C1c1ccccc1. The van der Waals surface area contributed by atoms with E-state index in [1.807, 2.05) is 0 Å². The van der Waals surface area contributed by atoms with Crippen molar-refractivity contribution >= 4 is 11.3 Å². The number of anilines is 1. The van der Waals surface area contributed by atoms with E-state index in [0.29, 0.717) is 5.92 Å². The molecular weight excluding hydrogens is 374 g/mol. The molecule has 0 bridgehead atoms. The summed E-state index contributed by atoms with van der Waals surface area (Å²) in [7, 11) is 0. The zero-order valence-corrected chi connectivity index (χ0v) is 18.1. The monoisotopic (exact) mass is 405 g/mol. The number of nitrogens with one attached hydrogen (secondary N) is 1. The fraction of sp³-hybridized carbons (Fsp3) is 0.267. The van der Waals surface area contributed by atoms with Gasteiger partial charge in [0.1, 0.15) is 0 Å². The third kappa shape index (κ3) is 4.37. The van der Waals surface area contributed by atoms with Crippen LogP contribution in [-0.2, 0) is 0 Å². The molecule has 1 heteroatoms. The van der Waals surface area contributed by atoms with Gasteiger partial charge in [-0.2, -0.15) is 0 Å². The summed E-state index contributed by atoms with van der Waals surface area (Å²) in [5.74, 6) is 0.680. The molecule has 31 heavy (non-hydrogen) atoms. The zero-order valence-electron chi connectivity index (χ0n) is 18.1. The van der Waals surface area contributed by atoms with E-state index in [-0.39, 0.29) is 5.54 Å². The van der Waals surface area contributed by atoms with Crippen LogP contribution in [0.2, 0.25) is 0 Å². The van der Waals surface area contributed by atoms with Gasteiger partial charge in [-0.15, -0.1) is 0 Å². The van der Waals surface area contributed by atoms with E-state index in [1.54, 1.807) is 0 Å². The van der Waals surface area contributed by atoms with Crippen molar-refractivity contribution in [2.45, 2.75) is 44.1 Å². The van der Waals surface area contributed by atoms with Crippen LogP contribution < -0.4 is 5.32 Å². The van der Waals surface area contributed by atoms with Gasteiger partial charge in [0.15, 0.2) is 0 Å². The van der Waals surface area contributed by atoms with Crippen molar-refractivity contribution in [1.82, 2.24) is 0 Å². The lowest BCUT2D eigenvalue weighted by Crippen LogP contribution is -2.45. The van der Waals surface area contributed by atoms with Crippen molar-refractivity contribution < 1.29 is 0 Å². The van der Waals surface area contributed by atoms with Gasteiger partial charge in [-0.25, -0.2) is 0 Å². The zero-order chi connectivity index (χ0) is 20.9. The summed E-state index contributed by atoms with van der Waals surface area (Å²) in [6, 6.07) is 30.3. The Kier molecular flexibility index (Phi) is 5.76. The van der Waals surface area contributed by atoms with Gasteiger partial charge in [0, 0.05) is 5.69 Å². The van der Waals surface area contributed by atoms with Gasteiger partial charge < -0.3 is 5.32 Å². The van der Waals surface area contributed by atoms with E-state index in [1.165, 1.54) is 60.1 Å². The van der Waals surface area contributed by atoms with Crippen LogP contribution in [0.5, 0.6) is 0 Å². The van der Waals surface area contributed by atoms with E-state index in [0.717, 1.165) is 6.42 Å². The number of hydrogen-bond acceptors (Lipinski definition) is 1. The molecule has 0 saturated heterocycles. The second-order valence-electron chi connectivity index (χ2n) is 9.01. The van der Waals surface area contributed by atoms with Gasteiger partial charge in [-0.1, -0.05) is 110 Å². The Hall–Kier alpha value is -3.06. The third-order valence-corrected chi connectivity index (χ3v) is 7.03. The maximum Gasteiger partial charge on any atom is 0.0622 e. The molecule has 1 saturated carbocycles. The first-order valence-corrected chi connectivity index (χ1v) is 11.7. The molecule has 1 nitrogen and oxygen atoms in total. The third-order valence-electron chi connectivity index (χ3n) is 7.03. The van der Waals surface area contributed by atoms with Gasteiger partial charge in [-0.3, -0.25) is 0 Å². The molecule has 0 aliphatic heterocycles. The molecule has 0 aromatic heterocycles. The topological polar surface area (TPSA) is 12.0 Å². The summed E-state index contributed by atoms with van der Waals surface area (Å²) in [5, 5.41) is 3.98. The molecule has 0 heterocycles. The highest BCUT2D eigenvalue weighted by molar-refractivity contribution is 5.76. The first-order chi connectivity index (χ1) is 15.3. The van der Waals surface area contributed by atoms with Crippen LogP contribution in [0.15, 0.2) is 103 Å². The minimum Gasteiger partial charge on any atom is -0.376 e. The quantitative estimate of drug-likeness (QED) is 0.452. The summed E-state index contributed by atoms with van der Waals surface area (Å²) in [5.41, 5.74) is 6.41. The van der Waals surface area contributed by atoms with Gasteiger partial charge >= 0.3 is 0 Å². The lowest BCUT2D eigenvalue weighted by Gasteiger charge is -2.43. The van der Waals surface area contributed by atoms with E-state index in [9.17, 15) is 0 Å². The summed E-state index contributed by atoms with van der Waals surface area (Å²) >= 11 is 0. The highest BCUT2D eigenvalue weighted by Crippen LogP contribution is 2.41. The lowest BCUT2D eigenvalue weighted by atomic mass is 9.70. The van der Waals surface area contributed by atoms with Crippen LogP contribution in [0.1, 0.15) is 44.1 Å². The largest absolute Gasteiger partial charge is 0.376 e. The Morgan fingerprint density at radius 2 is 1.26 bits per heavy atom. The predicted molar refractivity (Wildman–Crippen MR) is 133 cm³/mol. The molecular formula is C30H31N. The van der Waals surface area contributed by atoms with Crippen LogP contribution >= 0.6 is 0 Å². The van der Waals surface area contributed by atoms with E-state index < -0.39 is 0 Å². The van der Waals surface area contributed by atoms with Gasteiger partial charge in [0.2, 0.25) is 0 Å². The van der Waals surface area contributed by atoms with Crippen LogP contribution in [0.3, 0.4) is 0 Å².